The molecule has 0 unspecified atom stereocenters. The third-order valence-corrected chi connectivity index (χ3v) is 7.18. The van der Waals surface area contributed by atoms with Gasteiger partial charge in [-0.2, -0.15) is 0 Å². The number of unbranched alkanes of at least 4 members (excludes halogenated alkanes) is 2. The summed E-state index contributed by atoms with van der Waals surface area (Å²) in [5.41, 5.74) is 9.87. The molecule has 190 valence electrons. The first kappa shape index (κ1) is 26.0. The molecule has 3 nitrogen and oxygen atoms in total. The highest BCUT2D eigenvalue weighted by atomic mass is 15.1. The van der Waals surface area contributed by atoms with Crippen LogP contribution in [0.5, 0.6) is 0 Å². The van der Waals surface area contributed by atoms with Crippen LogP contribution in [0.3, 0.4) is 0 Å². The average molecular weight is 482 g/mol. The summed E-state index contributed by atoms with van der Waals surface area (Å²) in [6, 6.07) is 22.3. The van der Waals surface area contributed by atoms with Crippen LogP contribution in [0, 0.1) is 0 Å². The molecule has 0 fully saturated rings. The number of fused-ring (bicyclic) bond motifs is 1. The molecule has 0 aliphatic rings. The molecule has 0 bridgehead atoms. The summed E-state index contributed by atoms with van der Waals surface area (Å²) < 4.78 is 2.42. The van der Waals surface area contributed by atoms with Gasteiger partial charge in [0.1, 0.15) is 11.3 Å². The maximum atomic E-state index is 5.27. The smallest absolute Gasteiger partial charge is 0.141 e. The molecule has 0 aliphatic carbocycles. The number of aryl methyl sites for hydroxylation is 2. The van der Waals surface area contributed by atoms with Crippen molar-refractivity contribution in [2.75, 3.05) is 5.32 Å². The number of para-hydroxylation sites is 2. The monoisotopic (exact) mass is 481 g/mol. The number of hydrogen-bond donors (Lipinski definition) is 1. The standard InChI is InChI=1S/C33H43N3/c1-7-9-13-25-18-20-26(21-19-25)33-35-32-29(16-12-17-30(32)36(33)22-10-8-2)34-31-27(23(3)4)14-11-15-28(31)24(5)6/h11-12,14-21,23-24,34H,7-10,13,22H2,1-6H3. The first-order chi connectivity index (χ1) is 17.4. The predicted molar refractivity (Wildman–Crippen MR) is 157 cm³/mol. The molecule has 3 aromatic carbocycles. The zero-order valence-corrected chi connectivity index (χ0v) is 23.1. The Morgan fingerprint density at radius 2 is 1.42 bits per heavy atom. The molecule has 36 heavy (non-hydrogen) atoms. The molecule has 1 aromatic heterocycles. The van der Waals surface area contributed by atoms with Crippen molar-refractivity contribution in [1.29, 1.82) is 0 Å². The normalized spacial score (nSPS) is 11.7. The van der Waals surface area contributed by atoms with Gasteiger partial charge in [-0.25, -0.2) is 4.98 Å². The summed E-state index contributed by atoms with van der Waals surface area (Å²) in [6.45, 7) is 14.6. The summed E-state index contributed by atoms with van der Waals surface area (Å²) in [5.74, 6) is 1.94. The first-order valence-corrected chi connectivity index (χ1v) is 13.9. The number of hydrogen-bond acceptors (Lipinski definition) is 2. The van der Waals surface area contributed by atoms with E-state index in [-0.39, 0.29) is 0 Å². The van der Waals surface area contributed by atoms with Gasteiger partial charge in [0.15, 0.2) is 0 Å². The van der Waals surface area contributed by atoms with Crippen LogP contribution in [0.25, 0.3) is 22.4 Å². The Morgan fingerprint density at radius 3 is 2.03 bits per heavy atom. The molecule has 0 atom stereocenters. The van der Waals surface area contributed by atoms with Crippen LogP contribution in [0.15, 0.2) is 60.7 Å². The van der Waals surface area contributed by atoms with Gasteiger partial charge < -0.3 is 9.88 Å². The van der Waals surface area contributed by atoms with Crippen LogP contribution in [-0.2, 0) is 13.0 Å². The van der Waals surface area contributed by atoms with Crippen molar-refractivity contribution in [3.8, 4) is 11.4 Å². The molecule has 4 aromatic rings. The van der Waals surface area contributed by atoms with Crippen molar-refractivity contribution in [2.24, 2.45) is 0 Å². The molecule has 0 radical (unpaired) electrons. The van der Waals surface area contributed by atoms with Crippen LogP contribution < -0.4 is 5.32 Å². The summed E-state index contributed by atoms with van der Waals surface area (Å²) >= 11 is 0. The second-order valence-electron chi connectivity index (χ2n) is 10.7. The van der Waals surface area contributed by atoms with E-state index in [1.807, 2.05) is 0 Å². The van der Waals surface area contributed by atoms with E-state index in [1.54, 1.807) is 0 Å². The summed E-state index contributed by atoms with van der Waals surface area (Å²) in [6.07, 6.45) is 5.90. The van der Waals surface area contributed by atoms with Crippen molar-refractivity contribution >= 4 is 22.4 Å². The lowest BCUT2D eigenvalue weighted by Gasteiger charge is -2.21. The Kier molecular flexibility index (Phi) is 8.51. The first-order valence-electron chi connectivity index (χ1n) is 13.9. The van der Waals surface area contributed by atoms with Gasteiger partial charge in [0.25, 0.3) is 0 Å². The Bertz CT molecular complexity index is 1250. The third kappa shape index (κ3) is 5.51. The fraction of sp³-hybridized carbons (Fsp3) is 0.424. The summed E-state index contributed by atoms with van der Waals surface area (Å²) in [4.78, 5) is 5.27. The topological polar surface area (TPSA) is 29.9 Å². The number of rotatable bonds is 11. The lowest BCUT2D eigenvalue weighted by Crippen LogP contribution is -2.04. The number of nitrogens with one attached hydrogen (secondary N) is 1. The van der Waals surface area contributed by atoms with Crippen molar-refractivity contribution in [1.82, 2.24) is 9.55 Å². The van der Waals surface area contributed by atoms with Crippen molar-refractivity contribution < 1.29 is 0 Å². The lowest BCUT2D eigenvalue weighted by molar-refractivity contribution is 0.651. The fourth-order valence-corrected chi connectivity index (χ4v) is 5.04. The lowest BCUT2D eigenvalue weighted by atomic mass is 9.92. The van der Waals surface area contributed by atoms with Crippen LogP contribution in [0.1, 0.15) is 95.8 Å². The Balaban J connectivity index is 1.82. The second kappa shape index (κ2) is 11.8. The van der Waals surface area contributed by atoms with Gasteiger partial charge in [0.2, 0.25) is 0 Å². The second-order valence-corrected chi connectivity index (χ2v) is 10.7. The van der Waals surface area contributed by atoms with E-state index in [2.05, 4.69) is 112 Å². The molecule has 4 rings (SSSR count). The maximum absolute atomic E-state index is 5.27. The largest absolute Gasteiger partial charge is 0.353 e. The van der Waals surface area contributed by atoms with Gasteiger partial charge >= 0.3 is 0 Å². The van der Waals surface area contributed by atoms with Crippen molar-refractivity contribution in [3.05, 3.63) is 77.4 Å². The summed E-state index contributed by atoms with van der Waals surface area (Å²) in [7, 11) is 0. The minimum absolute atomic E-state index is 0.439. The van der Waals surface area contributed by atoms with E-state index in [9.17, 15) is 0 Å². The summed E-state index contributed by atoms with van der Waals surface area (Å²) in [5, 5.41) is 3.85. The van der Waals surface area contributed by atoms with Gasteiger partial charge in [-0.15, -0.1) is 0 Å². The molecule has 3 heteroatoms. The Hall–Kier alpha value is -3.07. The van der Waals surface area contributed by atoms with Crippen LogP contribution in [0.4, 0.5) is 11.4 Å². The van der Waals surface area contributed by atoms with E-state index in [1.165, 1.54) is 46.3 Å². The Labute approximate surface area is 218 Å². The minimum Gasteiger partial charge on any atom is -0.353 e. The van der Waals surface area contributed by atoms with Gasteiger partial charge in [0.05, 0.1) is 11.2 Å². The minimum atomic E-state index is 0.439. The van der Waals surface area contributed by atoms with Crippen LogP contribution in [-0.4, -0.2) is 9.55 Å². The third-order valence-electron chi connectivity index (χ3n) is 7.18. The van der Waals surface area contributed by atoms with Gasteiger partial charge in [0, 0.05) is 17.8 Å². The zero-order valence-electron chi connectivity index (χ0n) is 23.1. The molecular weight excluding hydrogens is 438 g/mol. The van der Waals surface area contributed by atoms with Gasteiger partial charge in [-0.3, -0.25) is 0 Å². The van der Waals surface area contributed by atoms with Crippen LogP contribution in [0.2, 0.25) is 0 Å². The van der Waals surface area contributed by atoms with E-state index in [0.717, 1.165) is 42.8 Å². The zero-order chi connectivity index (χ0) is 25.7. The van der Waals surface area contributed by atoms with E-state index < -0.39 is 0 Å². The number of nitrogens with zero attached hydrogens (tertiary/aromatic N) is 2. The van der Waals surface area contributed by atoms with Crippen LogP contribution >= 0.6 is 0 Å². The predicted octanol–water partition coefficient (Wildman–Crippen LogP) is 9.84. The van der Waals surface area contributed by atoms with Crippen molar-refractivity contribution in [3.63, 3.8) is 0 Å². The van der Waals surface area contributed by atoms with E-state index >= 15 is 0 Å². The number of anilines is 2. The van der Waals surface area contributed by atoms with Gasteiger partial charge in [-0.05, 0) is 59.9 Å². The molecule has 1 N–H and O–H groups in total. The number of imidazole rings is 1. The molecule has 0 saturated carbocycles. The van der Waals surface area contributed by atoms with Gasteiger partial charge in [-0.1, -0.05) is 103 Å². The van der Waals surface area contributed by atoms with E-state index in [0.29, 0.717) is 11.8 Å². The highest BCUT2D eigenvalue weighted by Crippen LogP contribution is 2.37. The molecule has 0 amide bonds. The quantitative estimate of drug-likeness (QED) is 0.231. The molecular formula is C33H43N3. The average Bonchev–Trinajstić information content (AvgIpc) is 3.25. The SMILES string of the molecule is CCCCc1ccc(-c2nc3c(Nc4c(C(C)C)cccc4C(C)C)cccc3n2CCCC)cc1. The highest BCUT2D eigenvalue weighted by Gasteiger charge is 2.18. The van der Waals surface area contributed by atoms with Crippen molar-refractivity contribution in [2.45, 2.75) is 92.0 Å². The fourth-order valence-electron chi connectivity index (χ4n) is 5.04. The molecule has 0 aliphatic heterocycles. The number of aromatic nitrogens is 2. The molecule has 1 heterocycles. The maximum Gasteiger partial charge on any atom is 0.141 e. The number of benzene rings is 3. The Morgan fingerprint density at radius 1 is 0.778 bits per heavy atom. The highest BCUT2D eigenvalue weighted by molar-refractivity contribution is 5.93. The molecule has 0 spiro atoms. The van der Waals surface area contributed by atoms with E-state index in [4.69, 9.17) is 4.98 Å². The molecule has 0 saturated heterocycles.